The van der Waals surface area contributed by atoms with Crippen molar-refractivity contribution in [2.75, 3.05) is 32.8 Å². The highest BCUT2D eigenvalue weighted by atomic mass is 33.5. The molecule has 0 saturated carbocycles. The summed E-state index contributed by atoms with van der Waals surface area (Å²) in [6.07, 6.45) is -4.41. The van der Waals surface area contributed by atoms with E-state index >= 15 is 0 Å². The van der Waals surface area contributed by atoms with E-state index in [2.05, 4.69) is 39.8 Å². The summed E-state index contributed by atoms with van der Waals surface area (Å²) in [4.78, 5) is 26.3. The van der Waals surface area contributed by atoms with Gasteiger partial charge in [0.05, 0.1) is 43.7 Å². The number of nitrogens with one attached hydrogen (secondary N) is 3. The Balaban J connectivity index is 1.80. The van der Waals surface area contributed by atoms with Gasteiger partial charge in [-0.25, -0.2) is 4.79 Å². The Morgan fingerprint density at radius 1 is 1.22 bits per heavy atom. The summed E-state index contributed by atoms with van der Waals surface area (Å²) < 4.78 is 35.5. The molecule has 0 radical (unpaired) electrons. The number of hydroxylamine groups is 1. The van der Waals surface area contributed by atoms with Crippen molar-refractivity contribution in [3.05, 3.63) is 35.1 Å². The summed E-state index contributed by atoms with van der Waals surface area (Å²) in [5.74, 6) is 10.1. The number of aliphatic hydroxyl groups is 3. The molecule has 11 unspecified atom stereocenters. The van der Waals surface area contributed by atoms with Gasteiger partial charge in [0.1, 0.15) is 18.3 Å². The van der Waals surface area contributed by atoms with Crippen LogP contribution < -0.4 is 16.1 Å². The number of ketones is 1. The van der Waals surface area contributed by atoms with Crippen LogP contribution in [-0.2, 0) is 33.2 Å². The van der Waals surface area contributed by atoms with E-state index in [1.54, 1.807) is 20.1 Å². The van der Waals surface area contributed by atoms with Crippen LogP contribution in [0.1, 0.15) is 27.2 Å². The van der Waals surface area contributed by atoms with Crippen molar-refractivity contribution < 1.29 is 58.5 Å². The maximum Gasteiger partial charge on any atom is 0.411 e. The van der Waals surface area contributed by atoms with Crippen LogP contribution in [0.2, 0.25) is 0 Å². The van der Waals surface area contributed by atoms with Gasteiger partial charge in [-0.1, -0.05) is 65.2 Å². The summed E-state index contributed by atoms with van der Waals surface area (Å²) in [5.41, 5.74) is -0.984. The van der Waals surface area contributed by atoms with Crippen LogP contribution in [0.4, 0.5) is 4.79 Å². The zero-order valence-corrected chi connectivity index (χ0v) is 31.4. The Bertz CT molecular complexity index is 1470. The van der Waals surface area contributed by atoms with Gasteiger partial charge in [0.2, 0.25) is 5.78 Å². The van der Waals surface area contributed by atoms with E-state index in [0.717, 1.165) is 7.11 Å². The Hall–Kier alpha value is -2.11. The highest BCUT2D eigenvalue weighted by Crippen LogP contribution is 2.41. The number of rotatable bonds is 13. The van der Waals surface area contributed by atoms with Crippen molar-refractivity contribution in [2.24, 2.45) is 0 Å². The number of alkyl carbamates (subject to hydrolysis) is 1. The zero-order valence-electron chi connectivity index (χ0n) is 29.0. The lowest BCUT2D eigenvalue weighted by Crippen LogP contribution is -2.64. The fourth-order valence-corrected chi connectivity index (χ4v) is 8.48. The number of Topliss-reactive ketones (excluding diaryl/α,β-unsaturated/α-hetero) is 1. The minimum atomic E-state index is -2.45. The molecular formula is C33H45N3O12S3. The van der Waals surface area contributed by atoms with Gasteiger partial charge >= 0.3 is 6.09 Å². The first-order chi connectivity index (χ1) is 24.4. The number of fused-ring (bicyclic) bond motifs is 2. The fraction of sp³-hybridized carbons (Fsp3) is 0.636. The summed E-state index contributed by atoms with van der Waals surface area (Å²) >= 11 is 0. The van der Waals surface area contributed by atoms with Gasteiger partial charge in [-0.05, 0) is 35.2 Å². The van der Waals surface area contributed by atoms with Crippen molar-refractivity contribution >= 4 is 43.3 Å². The van der Waals surface area contributed by atoms with Crippen LogP contribution >= 0.6 is 31.4 Å². The summed E-state index contributed by atoms with van der Waals surface area (Å²) in [7, 11) is 7.04. The maximum absolute atomic E-state index is 13.8. The average molecular weight is 772 g/mol. The Morgan fingerprint density at radius 2 is 1.96 bits per heavy atom. The van der Waals surface area contributed by atoms with Crippen LogP contribution in [0.25, 0.3) is 0 Å². The van der Waals surface area contributed by atoms with Gasteiger partial charge in [-0.15, -0.1) is 0 Å². The molecule has 2 bridgehead atoms. The number of methoxy groups -OCH3 is 2. The van der Waals surface area contributed by atoms with Crippen molar-refractivity contribution in [3.63, 3.8) is 0 Å². The first-order valence-corrected chi connectivity index (χ1v) is 20.2. The molecule has 15 nitrogen and oxygen atoms in total. The number of carbonyl (C=O) groups excluding carboxylic acids is 2. The molecule has 2 heterocycles. The van der Waals surface area contributed by atoms with Gasteiger partial charge in [0.15, 0.2) is 24.3 Å². The minimum Gasteiger partial charge on any atom is -0.453 e. The largest absolute Gasteiger partial charge is 0.453 e. The molecule has 4 rings (SSSR count). The number of hydrogen-bond donors (Lipinski definition) is 7. The standard InChI is InChI=1S/C33H45N3O12S3/c1-17(2)34-20-16-45-23(15-22(20)43-4)48-29-27(37)25(36-42)18(3)46-31(29)47-21-11-9-7-8-10-13-33(41)19(12-14-50-51-49-6)24(21)26(28(38)30(33)39)35-32(40)44-5/h7-8,12,17-18,20-23,25,27,29-31,34,36-37,39,41-42H,14-16H2,1-6H3,(H,35,40). The minimum absolute atomic E-state index is 0.0451. The molecule has 282 valence electrons. The SMILES string of the molecule is COC(=O)NC1=C2C(=CCSSSC)C(O)(C#CC=CC#CC2OC2OC(C)C(NO)C(O)C2OC2CC(OC)C(NC(C)C)CO2)C(O)C1=O. The highest BCUT2D eigenvalue weighted by molar-refractivity contribution is 9.09. The van der Waals surface area contributed by atoms with E-state index in [1.165, 1.54) is 43.6 Å². The van der Waals surface area contributed by atoms with Gasteiger partial charge in [-0.2, -0.15) is 5.48 Å². The molecule has 0 aromatic rings. The predicted octanol–water partition coefficient (Wildman–Crippen LogP) is 0.785. The summed E-state index contributed by atoms with van der Waals surface area (Å²) in [6, 6.07) is -0.981. The molecule has 0 aromatic heterocycles. The van der Waals surface area contributed by atoms with Gasteiger partial charge in [-0.3, -0.25) is 10.1 Å². The second kappa shape index (κ2) is 19.3. The second-order valence-electron chi connectivity index (χ2n) is 12.1. The van der Waals surface area contributed by atoms with E-state index in [0.29, 0.717) is 0 Å². The lowest BCUT2D eigenvalue weighted by atomic mass is 9.73. The number of allylic oxidation sites excluding steroid dienone is 2. The first-order valence-electron chi connectivity index (χ1n) is 16.1. The van der Waals surface area contributed by atoms with E-state index in [4.69, 9.17) is 28.4 Å². The van der Waals surface area contributed by atoms with Crippen LogP contribution in [0.5, 0.6) is 0 Å². The monoisotopic (exact) mass is 771 g/mol. The molecule has 4 aliphatic rings. The molecule has 2 aliphatic carbocycles. The second-order valence-corrected chi connectivity index (χ2v) is 16.5. The molecule has 2 aliphatic heterocycles. The smallest absolute Gasteiger partial charge is 0.411 e. The topological polar surface area (TPSA) is 207 Å². The summed E-state index contributed by atoms with van der Waals surface area (Å²) in [6.45, 7) is 5.84. The summed E-state index contributed by atoms with van der Waals surface area (Å²) in [5, 5.41) is 50.4. The normalized spacial score (nSPS) is 35.9. The Kier molecular flexibility index (Phi) is 15.7. The van der Waals surface area contributed by atoms with Crippen molar-refractivity contribution in [1.29, 1.82) is 0 Å². The van der Waals surface area contributed by atoms with Gasteiger partial charge in [0.25, 0.3) is 0 Å². The van der Waals surface area contributed by atoms with E-state index in [-0.39, 0.29) is 48.1 Å². The highest BCUT2D eigenvalue weighted by Gasteiger charge is 2.54. The maximum atomic E-state index is 13.8. The van der Waals surface area contributed by atoms with Crippen LogP contribution in [-0.4, -0.2) is 138 Å². The molecule has 0 aromatic carbocycles. The molecule has 2 saturated heterocycles. The number of hydrogen-bond acceptors (Lipinski definition) is 17. The molecular weight excluding hydrogens is 727 g/mol. The van der Waals surface area contributed by atoms with E-state index < -0.39 is 72.3 Å². The number of ether oxygens (including phenoxy) is 6. The first kappa shape index (κ1) is 41.6. The Morgan fingerprint density at radius 3 is 2.63 bits per heavy atom. The van der Waals surface area contributed by atoms with E-state index in [9.17, 15) is 30.1 Å². The molecule has 11 atom stereocenters. The number of amides is 1. The zero-order chi connectivity index (χ0) is 37.3. The third-order valence-electron chi connectivity index (χ3n) is 8.47. The van der Waals surface area contributed by atoms with Crippen molar-refractivity contribution in [3.8, 4) is 23.7 Å². The molecule has 1 amide bonds. The Labute approximate surface area is 308 Å². The molecule has 0 spiro atoms. The third kappa shape index (κ3) is 9.91. The number of carbonyl (C=O) groups is 2. The molecule has 2 fully saturated rings. The van der Waals surface area contributed by atoms with Crippen LogP contribution in [0.15, 0.2) is 35.1 Å². The van der Waals surface area contributed by atoms with E-state index in [1.807, 2.05) is 20.1 Å². The average Bonchev–Trinajstić information content (AvgIpc) is 3.10. The van der Waals surface area contributed by atoms with Crippen LogP contribution in [0, 0.1) is 23.7 Å². The van der Waals surface area contributed by atoms with Gasteiger partial charge in [0, 0.05) is 36.5 Å². The lowest BCUT2D eigenvalue weighted by molar-refractivity contribution is -0.329. The third-order valence-corrected chi connectivity index (χ3v) is 12.2. The molecule has 18 heteroatoms. The lowest BCUT2D eigenvalue weighted by Gasteiger charge is -2.46. The predicted molar refractivity (Wildman–Crippen MR) is 191 cm³/mol. The quantitative estimate of drug-likeness (QED) is 0.0598. The van der Waals surface area contributed by atoms with Crippen LogP contribution in [0.3, 0.4) is 0 Å². The van der Waals surface area contributed by atoms with Crippen molar-refractivity contribution in [2.45, 2.75) is 100 Å². The fourth-order valence-electron chi connectivity index (χ4n) is 6.07. The van der Waals surface area contributed by atoms with Gasteiger partial charge < -0.3 is 54.3 Å². The number of aliphatic hydroxyl groups excluding tert-OH is 2. The molecule has 7 N–H and O–H groups in total. The van der Waals surface area contributed by atoms with Crippen molar-refractivity contribution in [1.82, 2.24) is 16.1 Å². The molecule has 51 heavy (non-hydrogen) atoms.